The second-order valence-corrected chi connectivity index (χ2v) is 23.7. The van der Waals surface area contributed by atoms with Gasteiger partial charge in [0, 0.05) is 0 Å². The molecule has 8 rings (SSSR count). The van der Waals surface area contributed by atoms with Crippen molar-refractivity contribution in [1.82, 2.24) is 0 Å². The van der Waals surface area contributed by atoms with Crippen molar-refractivity contribution in [2.45, 2.75) is 185 Å². The Hall–Kier alpha value is -1.64. The van der Waals surface area contributed by atoms with E-state index in [1.165, 1.54) is 75.4 Å². The number of aliphatic hydroxyl groups is 2. The van der Waals surface area contributed by atoms with Gasteiger partial charge in [-0.15, -0.1) is 0 Å². The number of hydrogen-bond donors (Lipinski definition) is 2. The van der Waals surface area contributed by atoms with Crippen LogP contribution in [0.1, 0.15) is 173 Å². The summed E-state index contributed by atoms with van der Waals surface area (Å²) in [5, 5.41) is 20.4. The molecular formula is C56H88O2. The average molecular weight is 793 g/mol. The number of hydrogen-bond acceptors (Lipinski definition) is 2. The first kappa shape index (κ1) is 44.4. The first-order chi connectivity index (χ1) is 27.3. The fraction of sp³-hybridized carbons (Fsp3) is 0.786. The molecule has 8 aliphatic carbocycles. The summed E-state index contributed by atoms with van der Waals surface area (Å²) in [6.45, 7) is 29.2. The van der Waals surface area contributed by atoms with Crippen LogP contribution in [0.2, 0.25) is 0 Å². The number of allylic oxidation sites excluding steroid dienone is 10. The lowest BCUT2D eigenvalue weighted by molar-refractivity contribution is 0.0382. The monoisotopic (exact) mass is 793 g/mol. The number of rotatable bonds is 8. The molecule has 0 aromatic rings. The third kappa shape index (κ3) is 7.86. The molecule has 2 heteroatoms. The zero-order chi connectivity index (χ0) is 41.9. The molecular weight excluding hydrogens is 705 g/mol. The molecule has 0 aromatic carbocycles. The van der Waals surface area contributed by atoms with Gasteiger partial charge in [-0.2, -0.15) is 0 Å². The van der Waals surface area contributed by atoms with Gasteiger partial charge in [-0.1, -0.05) is 154 Å². The molecule has 0 aliphatic heterocycles. The van der Waals surface area contributed by atoms with Gasteiger partial charge in [-0.05, 0) is 183 Å². The molecule has 0 bridgehead atoms. The quantitative estimate of drug-likeness (QED) is 0.240. The third-order valence-corrected chi connectivity index (χ3v) is 20.0. The highest BCUT2D eigenvalue weighted by Gasteiger charge is 2.58. The summed E-state index contributed by atoms with van der Waals surface area (Å²) < 4.78 is 0. The predicted molar refractivity (Wildman–Crippen MR) is 247 cm³/mol. The van der Waals surface area contributed by atoms with Crippen LogP contribution in [-0.4, -0.2) is 22.4 Å². The maximum atomic E-state index is 10.2. The minimum atomic E-state index is -0.116. The smallest absolute Gasteiger partial charge is 0.0578 e. The molecule has 0 amide bonds. The van der Waals surface area contributed by atoms with E-state index in [1.54, 1.807) is 11.1 Å². The van der Waals surface area contributed by atoms with E-state index in [4.69, 9.17) is 0 Å². The van der Waals surface area contributed by atoms with Crippen molar-refractivity contribution in [3.63, 3.8) is 0 Å². The molecule has 0 aromatic heterocycles. The maximum Gasteiger partial charge on any atom is 0.0578 e. The SMILES string of the molecule is CC(C)C(C)/C=C/C(C)C1CCC2C3=CC=C4CC(O)CCC4(C)C3CCC21C.CC(C)C(C)/C=C/C(C)C1CCC2C3=CC=C4CC(O)CCC4(C)C3CCC21C. The van der Waals surface area contributed by atoms with Crippen LogP contribution in [0.15, 0.2) is 70.9 Å². The second-order valence-electron chi connectivity index (χ2n) is 23.7. The Morgan fingerprint density at radius 1 is 0.466 bits per heavy atom. The van der Waals surface area contributed by atoms with Gasteiger partial charge in [0.1, 0.15) is 0 Å². The van der Waals surface area contributed by atoms with E-state index in [0.717, 1.165) is 73.0 Å². The highest BCUT2D eigenvalue weighted by molar-refractivity contribution is 5.40. The van der Waals surface area contributed by atoms with Gasteiger partial charge in [-0.25, -0.2) is 0 Å². The zero-order valence-corrected chi connectivity index (χ0v) is 39.5. The first-order valence-corrected chi connectivity index (χ1v) is 24.9. The Morgan fingerprint density at radius 3 is 1.21 bits per heavy atom. The van der Waals surface area contributed by atoms with Crippen LogP contribution in [0.4, 0.5) is 0 Å². The summed E-state index contributed by atoms with van der Waals surface area (Å²) in [6, 6.07) is 0. The minimum Gasteiger partial charge on any atom is -0.393 e. The topological polar surface area (TPSA) is 40.5 Å². The van der Waals surface area contributed by atoms with Gasteiger partial charge in [-0.3, -0.25) is 0 Å². The van der Waals surface area contributed by atoms with Crippen molar-refractivity contribution in [3.05, 3.63) is 70.9 Å². The number of fused-ring (bicyclic) bond motifs is 10. The minimum absolute atomic E-state index is 0.116. The Labute approximate surface area is 357 Å². The molecule has 6 saturated carbocycles. The largest absolute Gasteiger partial charge is 0.393 e. The van der Waals surface area contributed by atoms with Crippen molar-refractivity contribution in [2.75, 3.05) is 0 Å². The van der Waals surface area contributed by atoms with Crippen molar-refractivity contribution in [3.8, 4) is 0 Å². The molecule has 0 heterocycles. The van der Waals surface area contributed by atoms with Gasteiger partial charge in [0.05, 0.1) is 12.2 Å². The molecule has 8 aliphatic rings. The van der Waals surface area contributed by atoms with Crippen LogP contribution >= 0.6 is 0 Å². The van der Waals surface area contributed by atoms with Crippen LogP contribution in [-0.2, 0) is 0 Å². The molecule has 16 unspecified atom stereocenters. The average Bonchev–Trinajstić information content (AvgIpc) is 3.73. The lowest BCUT2D eigenvalue weighted by atomic mass is 9.50. The lowest BCUT2D eigenvalue weighted by Gasteiger charge is -2.55. The van der Waals surface area contributed by atoms with Crippen LogP contribution in [0.5, 0.6) is 0 Å². The predicted octanol–water partition coefficient (Wildman–Crippen LogP) is 14.7. The third-order valence-electron chi connectivity index (χ3n) is 20.0. The number of aliphatic hydroxyl groups excluding tert-OH is 2. The lowest BCUT2D eigenvalue weighted by Crippen LogP contribution is -2.46. The van der Waals surface area contributed by atoms with Gasteiger partial charge in [0.25, 0.3) is 0 Å². The molecule has 16 atom stereocenters. The van der Waals surface area contributed by atoms with E-state index in [2.05, 4.69) is 132 Å². The molecule has 58 heavy (non-hydrogen) atoms. The first-order valence-electron chi connectivity index (χ1n) is 24.9. The van der Waals surface area contributed by atoms with E-state index in [0.29, 0.717) is 45.3 Å². The summed E-state index contributed by atoms with van der Waals surface area (Å²) in [5.41, 5.74) is 8.14. The van der Waals surface area contributed by atoms with Crippen molar-refractivity contribution in [1.29, 1.82) is 0 Å². The molecule has 2 nitrogen and oxygen atoms in total. The second kappa shape index (κ2) is 16.9. The fourth-order valence-electron chi connectivity index (χ4n) is 15.2. The molecule has 0 radical (unpaired) electrons. The van der Waals surface area contributed by atoms with E-state index >= 15 is 0 Å². The molecule has 6 fully saturated rings. The summed E-state index contributed by atoms with van der Waals surface area (Å²) in [7, 11) is 0. The van der Waals surface area contributed by atoms with Crippen molar-refractivity contribution in [2.24, 2.45) is 92.7 Å². The molecule has 0 spiro atoms. The Balaban J connectivity index is 0.000000177. The summed E-state index contributed by atoms with van der Waals surface area (Å²) in [4.78, 5) is 0. The molecule has 0 saturated heterocycles. The van der Waals surface area contributed by atoms with Gasteiger partial charge in [0.2, 0.25) is 0 Å². The standard InChI is InChI=1S/2C28H44O/c2*1-18(2)19(3)7-8-20(4)24-11-12-25-23-10-9-21-17-22(29)13-15-27(21,5)26(23)14-16-28(24,25)6/h2*7-10,18-20,22,24-26,29H,11-17H2,1-6H3/b2*8-7+. The maximum absolute atomic E-state index is 10.2. The molecule has 324 valence electrons. The Kier molecular flexibility index (Phi) is 12.9. The Bertz CT molecular complexity index is 1550. The summed E-state index contributed by atoms with van der Waals surface area (Å²) >= 11 is 0. The Morgan fingerprint density at radius 2 is 0.845 bits per heavy atom. The van der Waals surface area contributed by atoms with Crippen LogP contribution in [0.3, 0.4) is 0 Å². The van der Waals surface area contributed by atoms with Crippen LogP contribution < -0.4 is 0 Å². The van der Waals surface area contributed by atoms with E-state index in [1.807, 2.05) is 0 Å². The van der Waals surface area contributed by atoms with E-state index in [9.17, 15) is 10.2 Å². The zero-order valence-electron chi connectivity index (χ0n) is 39.5. The van der Waals surface area contributed by atoms with E-state index in [-0.39, 0.29) is 12.2 Å². The van der Waals surface area contributed by atoms with Gasteiger partial charge in [0.15, 0.2) is 0 Å². The van der Waals surface area contributed by atoms with Crippen LogP contribution in [0, 0.1) is 92.7 Å². The van der Waals surface area contributed by atoms with Gasteiger partial charge < -0.3 is 10.2 Å². The fourth-order valence-corrected chi connectivity index (χ4v) is 15.2. The highest BCUT2D eigenvalue weighted by Crippen LogP contribution is 2.67. The van der Waals surface area contributed by atoms with Crippen molar-refractivity contribution < 1.29 is 10.2 Å². The summed E-state index contributed by atoms with van der Waals surface area (Å²) in [5.74, 6) is 8.76. The highest BCUT2D eigenvalue weighted by atomic mass is 16.3. The summed E-state index contributed by atoms with van der Waals surface area (Å²) in [6.07, 6.45) is 36.8. The van der Waals surface area contributed by atoms with E-state index < -0.39 is 0 Å². The normalized spacial score (nSPS) is 44.0. The van der Waals surface area contributed by atoms with Crippen molar-refractivity contribution >= 4 is 0 Å². The van der Waals surface area contributed by atoms with Gasteiger partial charge >= 0.3 is 0 Å². The molecule has 2 N–H and O–H groups in total. The van der Waals surface area contributed by atoms with Crippen LogP contribution in [0.25, 0.3) is 0 Å².